The summed E-state index contributed by atoms with van der Waals surface area (Å²) < 4.78 is 14.5. The van der Waals surface area contributed by atoms with Gasteiger partial charge in [0.25, 0.3) is 11.5 Å². The molecule has 0 spiro atoms. The molecule has 30 heavy (non-hydrogen) atoms. The first-order valence-corrected chi connectivity index (χ1v) is 9.77. The monoisotopic (exact) mass is 409 g/mol. The summed E-state index contributed by atoms with van der Waals surface area (Å²) in [6.07, 6.45) is 3.18. The van der Waals surface area contributed by atoms with Gasteiger partial charge < -0.3 is 30.4 Å². The number of carbonyl (C=O) groups is 1. The van der Waals surface area contributed by atoms with E-state index in [9.17, 15) is 9.59 Å². The van der Waals surface area contributed by atoms with Gasteiger partial charge in [0.1, 0.15) is 17.9 Å². The number of hydrogen-bond acceptors (Lipinski definition) is 8. The van der Waals surface area contributed by atoms with Crippen molar-refractivity contribution in [3.63, 3.8) is 0 Å². The quantitative estimate of drug-likeness (QED) is 0.561. The lowest BCUT2D eigenvalue weighted by Gasteiger charge is -2.22. The topological polar surface area (TPSA) is 138 Å². The van der Waals surface area contributed by atoms with E-state index in [4.69, 9.17) is 15.2 Å². The number of anilines is 3. The molecule has 3 aromatic rings. The van der Waals surface area contributed by atoms with Crippen molar-refractivity contribution in [2.24, 2.45) is 17.6 Å². The number of amides is 1. The summed E-state index contributed by atoms with van der Waals surface area (Å²) in [7, 11) is 0. The Bertz CT molecular complexity index is 1240. The summed E-state index contributed by atoms with van der Waals surface area (Å²) >= 11 is 0. The van der Waals surface area contributed by atoms with Gasteiger partial charge in [0.2, 0.25) is 5.75 Å². The van der Waals surface area contributed by atoms with E-state index in [0.717, 1.165) is 0 Å². The molecule has 3 aliphatic rings. The van der Waals surface area contributed by atoms with E-state index in [1.165, 1.54) is 10.7 Å². The zero-order valence-corrected chi connectivity index (χ0v) is 15.9. The summed E-state index contributed by atoms with van der Waals surface area (Å²) in [6.45, 7) is 2.40. The highest BCUT2D eigenvalue weighted by Gasteiger charge is 2.55. The molecule has 1 amide bonds. The second-order valence-electron chi connectivity index (χ2n) is 7.69. The molecule has 11 nitrogen and oxygen atoms in total. The smallest absolute Gasteiger partial charge is 0.274 e. The van der Waals surface area contributed by atoms with E-state index in [-0.39, 0.29) is 22.8 Å². The van der Waals surface area contributed by atoms with Crippen LogP contribution in [0.2, 0.25) is 0 Å². The molecular weight excluding hydrogens is 390 g/mol. The molecule has 4 N–H and O–H groups in total. The number of nitrogens with one attached hydrogen (secondary N) is 2. The van der Waals surface area contributed by atoms with Crippen molar-refractivity contribution in [3.05, 3.63) is 40.4 Å². The third kappa shape index (κ3) is 2.41. The molecule has 2 aliphatic heterocycles. The van der Waals surface area contributed by atoms with Gasteiger partial charge in [0.15, 0.2) is 17.3 Å². The van der Waals surface area contributed by atoms with Gasteiger partial charge in [-0.3, -0.25) is 9.59 Å². The molecule has 1 saturated carbocycles. The van der Waals surface area contributed by atoms with Gasteiger partial charge in [-0.15, -0.1) is 0 Å². The van der Waals surface area contributed by atoms with Crippen LogP contribution in [0.25, 0.3) is 5.65 Å². The molecule has 3 aromatic heterocycles. The van der Waals surface area contributed by atoms with Gasteiger partial charge in [0, 0.05) is 24.1 Å². The summed E-state index contributed by atoms with van der Waals surface area (Å²) in [5.74, 6) is 1.47. The average molecular weight is 409 g/mol. The minimum Gasteiger partial charge on any atom is -0.485 e. The Hall–Kier alpha value is -3.60. The number of hydrogen-bond donors (Lipinski definition) is 3. The lowest BCUT2D eigenvalue weighted by atomic mass is 10.3. The van der Waals surface area contributed by atoms with Gasteiger partial charge in [-0.25, -0.2) is 4.98 Å². The number of fused-ring (bicyclic) bond motifs is 4. The Labute approximate surface area is 169 Å². The lowest BCUT2D eigenvalue weighted by molar-refractivity contribution is 0.100. The number of aromatic nitrogens is 4. The van der Waals surface area contributed by atoms with Crippen LogP contribution in [0.3, 0.4) is 0 Å². The van der Waals surface area contributed by atoms with Crippen molar-refractivity contribution in [2.75, 3.05) is 37.0 Å². The largest absolute Gasteiger partial charge is 0.485 e. The first kappa shape index (κ1) is 17.3. The molecule has 0 bridgehead atoms. The van der Waals surface area contributed by atoms with E-state index in [0.29, 0.717) is 61.3 Å². The molecule has 0 radical (unpaired) electrons. The van der Waals surface area contributed by atoms with Crippen molar-refractivity contribution >= 4 is 28.9 Å². The molecule has 1 unspecified atom stereocenters. The normalized spacial score (nSPS) is 23.9. The Morgan fingerprint density at radius 2 is 2.17 bits per heavy atom. The van der Waals surface area contributed by atoms with E-state index in [1.807, 2.05) is 12.3 Å². The zero-order chi connectivity index (χ0) is 20.4. The van der Waals surface area contributed by atoms with Crippen molar-refractivity contribution in [1.29, 1.82) is 0 Å². The molecule has 3 atom stereocenters. The first-order chi connectivity index (χ1) is 14.6. The van der Waals surface area contributed by atoms with E-state index >= 15 is 0 Å². The molecule has 2 fully saturated rings. The summed E-state index contributed by atoms with van der Waals surface area (Å²) in [5.41, 5.74) is 6.17. The van der Waals surface area contributed by atoms with Gasteiger partial charge in [0.05, 0.1) is 26.0 Å². The fourth-order valence-corrected chi connectivity index (χ4v) is 4.44. The van der Waals surface area contributed by atoms with Crippen LogP contribution in [-0.2, 0) is 4.74 Å². The highest BCUT2D eigenvalue weighted by molar-refractivity contribution is 5.99. The molecule has 1 saturated heterocycles. The number of ether oxygens (including phenoxy) is 2. The van der Waals surface area contributed by atoms with Crippen molar-refractivity contribution < 1.29 is 14.3 Å². The number of nitrogens with zero attached hydrogens (tertiary/aromatic N) is 4. The van der Waals surface area contributed by atoms with Crippen LogP contribution >= 0.6 is 0 Å². The standard InChI is InChI=1S/C19H19N7O4/c20-15(27)9-6-22-26-17(9)24-16(14-18(26)21-3-5-30-14)23-12-2-1-4-25(19(12)28)13-10-7-29-8-11(10)13/h1-2,4,6,10-11,13,21H,3,5,7-8H2,(H2,20,27)(H,23,24)/t10-,11+,13?. The van der Waals surface area contributed by atoms with E-state index in [2.05, 4.69) is 20.7 Å². The van der Waals surface area contributed by atoms with Crippen molar-refractivity contribution in [2.45, 2.75) is 6.04 Å². The van der Waals surface area contributed by atoms with E-state index < -0.39 is 5.91 Å². The molecule has 11 heteroatoms. The zero-order valence-electron chi connectivity index (χ0n) is 15.9. The van der Waals surface area contributed by atoms with Gasteiger partial charge >= 0.3 is 0 Å². The van der Waals surface area contributed by atoms with Gasteiger partial charge in [-0.2, -0.15) is 9.61 Å². The van der Waals surface area contributed by atoms with E-state index in [1.54, 1.807) is 10.6 Å². The Kier molecular flexibility index (Phi) is 3.57. The van der Waals surface area contributed by atoms with Crippen LogP contribution in [0, 0.1) is 11.8 Å². The van der Waals surface area contributed by atoms with Crippen LogP contribution in [-0.4, -0.2) is 51.4 Å². The lowest BCUT2D eigenvalue weighted by Crippen LogP contribution is -2.25. The fourth-order valence-electron chi connectivity index (χ4n) is 4.44. The summed E-state index contributed by atoms with van der Waals surface area (Å²) in [4.78, 5) is 29.4. The maximum absolute atomic E-state index is 13.1. The highest BCUT2D eigenvalue weighted by Crippen LogP contribution is 2.53. The molecule has 6 rings (SSSR count). The maximum atomic E-state index is 13.1. The number of pyridine rings is 1. The van der Waals surface area contributed by atoms with Crippen LogP contribution in [0.4, 0.5) is 17.3 Å². The average Bonchev–Trinajstić information content (AvgIpc) is 3.09. The highest BCUT2D eigenvalue weighted by atomic mass is 16.5. The number of rotatable bonds is 4. The second kappa shape index (κ2) is 6.20. The van der Waals surface area contributed by atoms with Crippen molar-refractivity contribution in [1.82, 2.24) is 19.2 Å². The fraction of sp³-hybridized carbons (Fsp3) is 0.368. The van der Waals surface area contributed by atoms with Crippen LogP contribution in [0.1, 0.15) is 16.4 Å². The summed E-state index contributed by atoms with van der Waals surface area (Å²) in [5, 5.41) is 10.5. The third-order valence-electron chi connectivity index (χ3n) is 5.97. The van der Waals surface area contributed by atoms with Crippen LogP contribution in [0.5, 0.6) is 5.75 Å². The molecule has 154 valence electrons. The Morgan fingerprint density at radius 3 is 2.97 bits per heavy atom. The molecule has 1 aliphatic carbocycles. The van der Waals surface area contributed by atoms with Crippen LogP contribution < -0.4 is 26.7 Å². The Morgan fingerprint density at radius 1 is 1.33 bits per heavy atom. The first-order valence-electron chi connectivity index (χ1n) is 9.77. The SMILES string of the molecule is NC(=O)c1cnn2c3c(c(Nc4cccn(C5[C@H]6COC[C@@H]56)c4=O)nc12)OCCN3. The molecule has 5 heterocycles. The van der Waals surface area contributed by atoms with Crippen molar-refractivity contribution in [3.8, 4) is 5.75 Å². The summed E-state index contributed by atoms with van der Waals surface area (Å²) in [6, 6.07) is 3.70. The van der Waals surface area contributed by atoms with Gasteiger partial charge in [-0.05, 0) is 12.1 Å². The number of nitrogens with two attached hydrogens (primary N) is 1. The maximum Gasteiger partial charge on any atom is 0.274 e. The predicted molar refractivity (Wildman–Crippen MR) is 106 cm³/mol. The minimum atomic E-state index is -0.635. The number of primary amides is 1. The molecule has 0 aromatic carbocycles. The number of carbonyl (C=O) groups excluding carboxylic acids is 1. The molecular formula is C19H19N7O4. The van der Waals surface area contributed by atoms with Gasteiger partial charge in [-0.1, -0.05) is 0 Å². The second-order valence-corrected chi connectivity index (χ2v) is 7.69. The minimum absolute atomic E-state index is 0.139. The third-order valence-corrected chi connectivity index (χ3v) is 5.97. The van der Waals surface area contributed by atoms with Crippen LogP contribution in [0.15, 0.2) is 29.3 Å². The Balaban J connectivity index is 1.44. The predicted octanol–water partition coefficient (Wildman–Crippen LogP) is 0.355.